The summed E-state index contributed by atoms with van der Waals surface area (Å²) in [7, 11) is -3.58. The monoisotopic (exact) mass is 290 g/mol. The predicted molar refractivity (Wildman–Crippen MR) is 74.2 cm³/mol. The summed E-state index contributed by atoms with van der Waals surface area (Å²) in [4.78, 5) is 0.203. The lowest BCUT2D eigenvalue weighted by atomic mass is 10.1. The number of sulfonamides is 1. The highest BCUT2D eigenvalue weighted by Gasteiger charge is 2.23. The quantitative estimate of drug-likeness (QED) is 0.870. The van der Waals surface area contributed by atoms with Crippen molar-refractivity contribution in [2.75, 3.05) is 6.54 Å². The molecule has 0 aliphatic rings. The molecular formula is C12H19ClN2O2S. The molecule has 0 amide bonds. The highest BCUT2D eigenvalue weighted by atomic mass is 35.5. The van der Waals surface area contributed by atoms with Crippen LogP contribution in [0.1, 0.15) is 19.4 Å². The van der Waals surface area contributed by atoms with Gasteiger partial charge in [-0.15, -0.1) is 0 Å². The first kappa shape index (κ1) is 15.4. The van der Waals surface area contributed by atoms with Crippen LogP contribution in [0.2, 0.25) is 5.02 Å². The molecular weight excluding hydrogens is 272 g/mol. The number of benzene rings is 1. The maximum absolute atomic E-state index is 12.3. The SMILES string of the molecule is Cc1ccc(Cl)cc1S(=O)(=O)NC(CN)C(C)C. The van der Waals surface area contributed by atoms with E-state index in [4.69, 9.17) is 17.3 Å². The number of aryl methyl sites for hydroxylation is 1. The second-order valence-corrected chi connectivity index (χ2v) is 6.74. The minimum absolute atomic E-state index is 0.129. The lowest BCUT2D eigenvalue weighted by molar-refractivity contribution is 0.454. The number of nitrogens with one attached hydrogen (secondary N) is 1. The molecule has 1 atom stereocenters. The summed E-state index contributed by atoms with van der Waals surface area (Å²) in [5, 5.41) is 0.398. The fraction of sp³-hybridized carbons (Fsp3) is 0.500. The van der Waals surface area contributed by atoms with E-state index in [-0.39, 0.29) is 23.4 Å². The topological polar surface area (TPSA) is 72.2 Å². The van der Waals surface area contributed by atoms with Crippen molar-refractivity contribution in [3.05, 3.63) is 28.8 Å². The van der Waals surface area contributed by atoms with Gasteiger partial charge in [-0.05, 0) is 30.5 Å². The molecule has 3 N–H and O–H groups in total. The maximum atomic E-state index is 12.3. The van der Waals surface area contributed by atoms with E-state index in [0.717, 1.165) is 0 Å². The van der Waals surface area contributed by atoms with E-state index >= 15 is 0 Å². The van der Waals surface area contributed by atoms with Gasteiger partial charge in [0.25, 0.3) is 0 Å². The van der Waals surface area contributed by atoms with Gasteiger partial charge in [0, 0.05) is 17.6 Å². The minimum Gasteiger partial charge on any atom is -0.329 e. The zero-order valence-corrected chi connectivity index (χ0v) is 12.3. The van der Waals surface area contributed by atoms with E-state index in [1.54, 1.807) is 19.1 Å². The van der Waals surface area contributed by atoms with E-state index in [0.29, 0.717) is 10.6 Å². The van der Waals surface area contributed by atoms with Gasteiger partial charge in [-0.3, -0.25) is 0 Å². The molecule has 1 aromatic rings. The van der Waals surface area contributed by atoms with Crippen LogP contribution in [0.3, 0.4) is 0 Å². The highest BCUT2D eigenvalue weighted by molar-refractivity contribution is 7.89. The van der Waals surface area contributed by atoms with Crippen LogP contribution in [0.25, 0.3) is 0 Å². The molecule has 102 valence electrons. The fourth-order valence-electron chi connectivity index (χ4n) is 1.58. The molecule has 18 heavy (non-hydrogen) atoms. The minimum atomic E-state index is -3.58. The van der Waals surface area contributed by atoms with Gasteiger partial charge in [0.05, 0.1) is 4.90 Å². The number of hydrogen-bond acceptors (Lipinski definition) is 3. The molecule has 4 nitrogen and oxygen atoms in total. The Morgan fingerprint density at radius 1 is 1.39 bits per heavy atom. The van der Waals surface area contributed by atoms with Crippen LogP contribution < -0.4 is 10.5 Å². The van der Waals surface area contributed by atoms with Crippen LogP contribution in [0, 0.1) is 12.8 Å². The largest absolute Gasteiger partial charge is 0.329 e. The average Bonchev–Trinajstić information content (AvgIpc) is 2.28. The zero-order chi connectivity index (χ0) is 13.9. The van der Waals surface area contributed by atoms with Gasteiger partial charge in [0.15, 0.2) is 0 Å². The third-order valence-electron chi connectivity index (χ3n) is 2.80. The molecule has 0 heterocycles. The Hall–Kier alpha value is -0.620. The van der Waals surface area contributed by atoms with Crippen molar-refractivity contribution < 1.29 is 8.42 Å². The van der Waals surface area contributed by atoms with E-state index in [2.05, 4.69) is 4.72 Å². The standard InChI is InChI=1S/C12H19ClN2O2S/c1-8(2)11(7-14)15-18(16,17)12-6-10(13)5-4-9(12)3/h4-6,8,11,15H,7,14H2,1-3H3. The Labute approximate surface area is 114 Å². The Bertz CT molecular complexity index is 515. The molecule has 0 saturated carbocycles. The van der Waals surface area contributed by atoms with E-state index in [9.17, 15) is 8.42 Å². The molecule has 0 radical (unpaired) electrons. The zero-order valence-electron chi connectivity index (χ0n) is 10.8. The summed E-state index contributed by atoms with van der Waals surface area (Å²) in [5.41, 5.74) is 6.23. The van der Waals surface area contributed by atoms with Crippen LogP contribution in [0.15, 0.2) is 23.1 Å². The Balaban J connectivity index is 3.10. The predicted octanol–water partition coefficient (Wildman–Crippen LogP) is 1.91. The van der Waals surface area contributed by atoms with Gasteiger partial charge in [0.2, 0.25) is 10.0 Å². The molecule has 0 aromatic heterocycles. The summed E-state index contributed by atoms with van der Waals surface area (Å²) < 4.78 is 27.1. The summed E-state index contributed by atoms with van der Waals surface area (Å²) in [6.45, 7) is 5.84. The first-order chi connectivity index (χ1) is 8.27. The molecule has 0 spiro atoms. The second kappa shape index (κ2) is 6.02. The van der Waals surface area contributed by atoms with E-state index in [1.165, 1.54) is 6.07 Å². The number of nitrogens with two attached hydrogens (primary N) is 1. The van der Waals surface area contributed by atoms with Crippen LogP contribution in [-0.2, 0) is 10.0 Å². The molecule has 1 aromatic carbocycles. The Morgan fingerprint density at radius 2 is 2.00 bits per heavy atom. The second-order valence-electron chi connectivity index (χ2n) is 4.62. The lowest BCUT2D eigenvalue weighted by Crippen LogP contribution is -2.43. The third kappa shape index (κ3) is 3.68. The average molecular weight is 291 g/mol. The van der Waals surface area contributed by atoms with Crippen molar-refractivity contribution in [3.8, 4) is 0 Å². The highest BCUT2D eigenvalue weighted by Crippen LogP contribution is 2.20. The molecule has 0 saturated heterocycles. The van der Waals surface area contributed by atoms with Crippen molar-refractivity contribution >= 4 is 21.6 Å². The van der Waals surface area contributed by atoms with Gasteiger partial charge >= 0.3 is 0 Å². The normalized spacial score (nSPS) is 13.9. The first-order valence-corrected chi connectivity index (χ1v) is 7.62. The first-order valence-electron chi connectivity index (χ1n) is 5.76. The molecule has 1 rings (SSSR count). The van der Waals surface area contributed by atoms with Crippen molar-refractivity contribution in [1.29, 1.82) is 0 Å². The molecule has 1 unspecified atom stereocenters. The summed E-state index contributed by atoms with van der Waals surface area (Å²) in [5.74, 6) is 0.129. The Morgan fingerprint density at radius 3 is 2.50 bits per heavy atom. The van der Waals surface area contributed by atoms with Crippen LogP contribution in [0.5, 0.6) is 0 Å². The van der Waals surface area contributed by atoms with Gasteiger partial charge < -0.3 is 5.73 Å². The van der Waals surface area contributed by atoms with Crippen LogP contribution in [0.4, 0.5) is 0 Å². The maximum Gasteiger partial charge on any atom is 0.241 e. The van der Waals surface area contributed by atoms with Gasteiger partial charge in [-0.25, -0.2) is 13.1 Å². The van der Waals surface area contributed by atoms with Crippen molar-refractivity contribution in [1.82, 2.24) is 4.72 Å². The smallest absolute Gasteiger partial charge is 0.241 e. The van der Waals surface area contributed by atoms with Gasteiger partial charge in [-0.2, -0.15) is 0 Å². The van der Waals surface area contributed by atoms with Gasteiger partial charge in [0.1, 0.15) is 0 Å². The summed E-state index contributed by atoms with van der Waals surface area (Å²) in [6.07, 6.45) is 0. The molecule has 0 bridgehead atoms. The van der Waals surface area contributed by atoms with E-state index in [1.807, 2.05) is 13.8 Å². The lowest BCUT2D eigenvalue weighted by Gasteiger charge is -2.21. The van der Waals surface area contributed by atoms with Gasteiger partial charge in [-0.1, -0.05) is 31.5 Å². The molecule has 6 heteroatoms. The molecule has 0 fully saturated rings. The fourth-order valence-corrected chi connectivity index (χ4v) is 3.49. The summed E-state index contributed by atoms with van der Waals surface area (Å²) >= 11 is 5.84. The number of hydrogen-bond donors (Lipinski definition) is 2. The van der Waals surface area contributed by atoms with Crippen molar-refractivity contribution in [3.63, 3.8) is 0 Å². The number of rotatable bonds is 5. The summed E-state index contributed by atoms with van der Waals surface area (Å²) in [6, 6.07) is 4.52. The van der Waals surface area contributed by atoms with Crippen LogP contribution in [-0.4, -0.2) is 21.0 Å². The van der Waals surface area contributed by atoms with Crippen molar-refractivity contribution in [2.45, 2.75) is 31.7 Å². The molecule has 0 aliphatic carbocycles. The van der Waals surface area contributed by atoms with Crippen molar-refractivity contribution in [2.24, 2.45) is 11.7 Å². The van der Waals surface area contributed by atoms with E-state index < -0.39 is 10.0 Å². The third-order valence-corrected chi connectivity index (χ3v) is 4.67. The number of halogens is 1. The Kier molecular flexibility index (Phi) is 5.16. The van der Waals surface area contributed by atoms with Crippen LogP contribution >= 0.6 is 11.6 Å². The molecule has 0 aliphatic heterocycles.